The van der Waals surface area contributed by atoms with Gasteiger partial charge in [-0.3, -0.25) is 4.79 Å². The Balaban J connectivity index is 1.70. The zero-order chi connectivity index (χ0) is 17.1. The number of nitrogens with one attached hydrogen (secondary N) is 1. The molecule has 0 spiro atoms. The third-order valence-corrected chi connectivity index (χ3v) is 3.98. The Morgan fingerprint density at radius 3 is 2.46 bits per heavy atom. The van der Waals surface area contributed by atoms with Crippen LogP contribution in [-0.4, -0.2) is 15.5 Å². The fourth-order valence-electron chi connectivity index (χ4n) is 2.41. The van der Waals surface area contributed by atoms with E-state index in [9.17, 15) is 4.79 Å². The van der Waals surface area contributed by atoms with Crippen LogP contribution >= 0.6 is 0 Å². The lowest BCUT2D eigenvalue weighted by molar-refractivity contribution is 0.102. The van der Waals surface area contributed by atoms with Crippen LogP contribution in [0.3, 0.4) is 0 Å². The van der Waals surface area contributed by atoms with Crippen LogP contribution in [0.1, 0.15) is 21.7 Å². The van der Waals surface area contributed by atoms with Crippen molar-refractivity contribution in [2.75, 3.05) is 5.32 Å². The second kappa shape index (κ2) is 6.58. The van der Waals surface area contributed by atoms with Crippen molar-refractivity contribution < 1.29 is 9.53 Å². The van der Waals surface area contributed by atoms with E-state index in [-0.39, 0.29) is 5.91 Å². The molecular formula is C19H19N3O2. The van der Waals surface area contributed by atoms with Gasteiger partial charge in [-0.05, 0) is 38.1 Å². The minimum atomic E-state index is -0.144. The van der Waals surface area contributed by atoms with Crippen LogP contribution in [-0.2, 0) is 7.05 Å². The number of aryl methyl sites for hydroxylation is 1. The van der Waals surface area contributed by atoms with Crippen LogP contribution in [0.25, 0.3) is 0 Å². The Morgan fingerprint density at radius 2 is 1.88 bits per heavy atom. The molecule has 1 N–H and O–H groups in total. The molecule has 0 aliphatic carbocycles. The lowest BCUT2D eigenvalue weighted by atomic mass is 10.2. The Labute approximate surface area is 140 Å². The minimum Gasteiger partial charge on any atom is -0.439 e. The second-order valence-corrected chi connectivity index (χ2v) is 5.60. The molecule has 0 bridgehead atoms. The molecule has 1 amide bonds. The molecule has 0 saturated carbocycles. The van der Waals surface area contributed by atoms with Gasteiger partial charge in [0.1, 0.15) is 5.75 Å². The van der Waals surface area contributed by atoms with E-state index in [4.69, 9.17) is 4.74 Å². The highest BCUT2D eigenvalue weighted by atomic mass is 16.5. The summed E-state index contributed by atoms with van der Waals surface area (Å²) in [5.74, 6) is 1.05. The fourth-order valence-corrected chi connectivity index (χ4v) is 2.41. The van der Waals surface area contributed by atoms with Crippen molar-refractivity contribution >= 4 is 11.6 Å². The molecule has 3 rings (SSSR count). The third-order valence-electron chi connectivity index (χ3n) is 3.98. The molecule has 0 unspecified atom stereocenters. The van der Waals surface area contributed by atoms with Crippen molar-refractivity contribution in [1.82, 2.24) is 9.55 Å². The SMILES string of the molecule is Cc1cc(C(=O)Nc2ccc(Oc3ccccc3)nc2)c(C)n1C. The first-order chi connectivity index (χ1) is 11.5. The van der Waals surface area contributed by atoms with Crippen molar-refractivity contribution in [2.24, 2.45) is 7.05 Å². The number of para-hydroxylation sites is 1. The Morgan fingerprint density at radius 1 is 1.12 bits per heavy atom. The molecular weight excluding hydrogens is 302 g/mol. The maximum Gasteiger partial charge on any atom is 0.257 e. The summed E-state index contributed by atoms with van der Waals surface area (Å²) in [7, 11) is 1.94. The molecule has 2 aromatic heterocycles. The van der Waals surface area contributed by atoms with E-state index in [1.54, 1.807) is 18.3 Å². The van der Waals surface area contributed by atoms with Crippen molar-refractivity contribution in [2.45, 2.75) is 13.8 Å². The highest BCUT2D eigenvalue weighted by Gasteiger charge is 2.14. The number of hydrogen-bond donors (Lipinski definition) is 1. The summed E-state index contributed by atoms with van der Waals surface area (Å²) in [6.07, 6.45) is 1.58. The van der Waals surface area contributed by atoms with Gasteiger partial charge in [-0.1, -0.05) is 18.2 Å². The van der Waals surface area contributed by atoms with Crippen molar-refractivity contribution in [3.8, 4) is 11.6 Å². The number of anilines is 1. The summed E-state index contributed by atoms with van der Waals surface area (Å²) in [5.41, 5.74) is 3.27. The number of amides is 1. The standard InChI is InChI=1S/C19H19N3O2/c1-13-11-17(14(2)22(13)3)19(23)21-15-9-10-18(20-12-15)24-16-7-5-4-6-8-16/h4-12H,1-3H3,(H,21,23). The monoisotopic (exact) mass is 321 g/mol. The number of pyridine rings is 1. The highest BCUT2D eigenvalue weighted by Crippen LogP contribution is 2.21. The van der Waals surface area contributed by atoms with E-state index < -0.39 is 0 Å². The number of carbonyl (C=O) groups excluding carboxylic acids is 1. The largest absolute Gasteiger partial charge is 0.439 e. The smallest absolute Gasteiger partial charge is 0.257 e. The number of nitrogens with zero attached hydrogens (tertiary/aromatic N) is 2. The molecule has 5 heteroatoms. The summed E-state index contributed by atoms with van der Waals surface area (Å²) in [5, 5.41) is 2.86. The van der Waals surface area contributed by atoms with Gasteiger partial charge < -0.3 is 14.6 Å². The first-order valence-electron chi connectivity index (χ1n) is 7.68. The topological polar surface area (TPSA) is 56.1 Å². The summed E-state index contributed by atoms with van der Waals surface area (Å²) in [6.45, 7) is 3.90. The summed E-state index contributed by atoms with van der Waals surface area (Å²) < 4.78 is 7.62. The number of benzene rings is 1. The van der Waals surface area contributed by atoms with E-state index in [0.29, 0.717) is 17.1 Å². The average Bonchev–Trinajstić information content (AvgIpc) is 2.85. The fraction of sp³-hybridized carbons (Fsp3) is 0.158. The first-order valence-corrected chi connectivity index (χ1v) is 7.68. The Bertz CT molecular complexity index is 852. The lowest BCUT2D eigenvalue weighted by Gasteiger charge is -2.07. The first kappa shape index (κ1) is 15.8. The molecule has 24 heavy (non-hydrogen) atoms. The van der Waals surface area contributed by atoms with E-state index in [1.165, 1.54) is 0 Å². The van der Waals surface area contributed by atoms with Crippen molar-refractivity contribution in [1.29, 1.82) is 0 Å². The van der Waals surface area contributed by atoms with E-state index in [2.05, 4.69) is 10.3 Å². The number of ether oxygens (including phenoxy) is 1. The molecule has 0 radical (unpaired) electrons. The van der Waals surface area contributed by atoms with Gasteiger partial charge in [0.25, 0.3) is 5.91 Å². The van der Waals surface area contributed by atoms with Crippen LogP contribution in [0, 0.1) is 13.8 Å². The van der Waals surface area contributed by atoms with Gasteiger partial charge in [0.2, 0.25) is 5.88 Å². The molecule has 5 nitrogen and oxygen atoms in total. The Kier molecular flexibility index (Phi) is 4.33. The predicted octanol–water partition coefficient (Wildman–Crippen LogP) is 4.08. The normalized spacial score (nSPS) is 10.5. The number of carbonyl (C=O) groups is 1. The van der Waals surface area contributed by atoms with Gasteiger partial charge in [-0.2, -0.15) is 0 Å². The van der Waals surface area contributed by atoms with Gasteiger partial charge >= 0.3 is 0 Å². The zero-order valence-corrected chi connectivity index (χ0v) is 13.9. The molecule has 2 heterocycles. The summed E-state index contributed by atoms with van der Waals surface area (Å²) >= 11 is 0. The van der Waals surface area contributed by atoms with Crippen molar-refractivity contribution in [3.05, 3.63) is 71.7 Å². The highest BCUT2D eigenvalue weighted by molar-refractivity contribution is 6.05. The van der Waals surface area contributed by atoms with Gasteiger partial charge in [-0.15, -0.1) is 0 Å². The number of hydrogen-bond acceptors (Lipinski definition) is 3. The maximum absolute atomic E-state index is 12.4. The molecule has 0 aliphatic rings. The van der Waals surface area contributed by atoms with Crippen LogP contribution in [0.5, 0.6) is 11.6 Å². The lowest BCUT2D eigenvalue weighted by Crippen LogP contribution is -2.13. The summed E-state index contributed by atoms with van der Waals surface area (Å²) in [4.78, 5) is 16.6. The predicted molar refractivity (Wildman–Crippen MR) is 93.6 cm³/mol. The summed E-state index contributed by atoms with van der Waals surface area (Å²) in [6, 6.07) is 14.8. The second-order valence-electron chi connectivity index (χ2n) is 5.60. The van der Waals surface area contributed by atoms with E-state index in [0.717, 1.165) is 17.1 Å². The molecule has 0 fully saturated rings. The molecule has 3 aromatic rings. The molecule has 0 atom stereocenters. The molecule has 0 saturated heterocycles. The van der Waals surface area contributed by atoms with Crippen LogP contribution in [0.2, 0.25) is 0 Å². The van der Waals surface area contributed by atoms with Crippen LogP contribution in [0.15, 0.2) is 54.7 Å². The van der Waals surface area contributed by atoms with E-state index in [1.807, 2.05) is 61.9 Å². The van der Waals surface area contributed by atoms with Gasteiger partial charge in [0.05, 0.1) is 17.4 Å². The number of aromatic nitrogens is 2. The van der Waals surface area contributed by atoms with Crippen molar-refractivity contribution in [3.63, 3.8) is 0 Å². The van der Waals surface area contributed by atoms with Crippen LogP contribution in [0.4, 0.5) is 5.69 Å². The zero-order valence-electron chi connectivity index (χ0n) is 13.9. The van der Waals surface area contributed by atoms with Gasteiger partial charge in [-0.25, -0.2) is 4.98 Å². The maximum atomic E-state index is 12.4. The molecule has 122 valence electrons. The average molecular weight is 321 g/mol. The Hall–Kier alpha value is -3.08. The quantitative estimate of drug-likeness (QED) is 0.787. The molecule has 0 aliphatic heterocycles. The molecule has 1 aromatic carbocycles. The van der Waals surface area contributed by atoms with Gasteiger partial charge in [0.15, 0.2) is 0 Å². The number of rotatable bonds is 4. The minimum absolute atomic E-state index is 0.144. The van der Waals surface area contributed by atoms with Crippen LogP contribution < -0.4 is 10.1 Å². The third kappa shape index (κ3) is 3.30. The van der Waals surface area contributed by atoms with E-state index >= 15 is 0 Å². The van der Waals surface area contributed by atoms with Gasteiger partial charge in [0, 0.05) is 24.5 Å².